The number of aliphatic carboxylic acids is 1. The summed E-state index contributed by atoms with van der Waals surface area (Å²) >= 11 is 0. The van der Waals surface area contributed by atoms with Crippen LogP contribution in [0.5, 0.6) is 11.5 Å². The summed E-state index contributed by atoms with van der Waals surface area (Å²) in [6.07, 6.45) is 0.770. The second kappa shape index (κ2) is 15.3. The van der Waals surface area contributed by atoms with Gasteiger partial charge < -0.3 is 39.8 Å². The van der Waals surface area contributed by atoms with E-state index in [2.05, 4.69) is 46.5 Å². The summed E-state index contributed by atoms with van der Waals surface area (Å²) in [6.45, 7) is 7.31. The molecule has 0 aliphatic heterocycles. The van der Waals surface area contributed by atoms with Crippen LogP contribution in [0, 0.1) is 11.5 Å². The number of carbonyl (C=O) groups is 4. The first-order valence-corrected chi connectivity index (χ1v) is 18.5. The van der Waals surface area contributed by atoms with E-state index in [-0.39, 0.29) is 0 Å². The second-order valence-corrected chi connectivity index (χ2v) is 16.7. The number of nitrogens with one attached hydrogen (secondary N) is 2. The summed E-state index contributed by atoms with van der Waals surface area (Å²) in [5, 5.41) is 34.3. The monoisotopic (exact) mass is 690 g/mol. The third-order valence-corrected chi connectivity index (χ3v) is 8.14. The van der Waals surface area contributed by atoms with Crippen molar-refractivity contribution in [3.63, 3.8) is 0 Å². The number of amides is 2. The molecule has 0 radical (unpaired) electrons. The van der Waals surface area contributed by atoms with Gasteiger partial charge in [-0.1, -0.05) is 38.6 Å². The Bertz CT molecular complexity index is 2170. The summed E-state index contributed by atoms with van der Waals surface area (Å²) in [5.74, 6) is -1.43. The van der Waals surface area contributed by atoms with Gasteiger partial charge in [-0.25, -0.2) is 0 Å². The lowest BCUT2D eigenvalue weighted by atomic mass is 10.1. The average Bonchev–Trinajstić information content (AvgIpc) is 3.06. The summed E-state index contributed by atoms with van der Waals surface area (Å²) in [5.41, 5.74) is 3.71. The molecule has 0 fully saturated rings. The molecule has 2 aromatic carbocycles. The van der Waals surface area contributed by atoms with E-state index >= 15 is 0 Å². The fourth-order valence-electron chi connectivity index (χ4n) is 4.61. The number of nitrogens with zero attached hydrogens (tertiary/aromatic N) is 2. The van der Waals surface area contributed by atoms with Crippen LogP contribution in [0.4, 0.5) is 0 Å². The van der Waals surface area contributed by atoms with Gasteiger partial charge in [0.05, 0.1) is 18.1 Å². The molecule has 0 saturated heterocycles. The molecule has 0 atom stereocenters. The molecule has 49 heavy (non-hydrogen) atoms. The molecule has 5 N–H and O–H groups in total. The third kappa shape index (κ3) is 8.73. The average molecular weight is 691 g/mol. The zero-order chi connectivity index (χ0) is 36.8. The molecular weight excluding hydrogens is 652 g/mol. The van der Waals surface area contributed by atoms with Crippen molar-refractivity contribution >= 4 is 53.6 Å². The number of rotatable bonds is 7. The van der Waals surface area contributed by atoms with Crippen LogP contribution < -0.4 is 21.8 Å². The Morgan fingerprint density at radius 1 is 0.816 bits per heavy atom. The molecule has 0 aliphatic carbocycles. The van der Waals surface area contributed by atoms with Gasteiger partial charge in [0.1, 0.15) is 43.8 Å². The number of aryl methyl sites for hydroxylation is 3. The highest BCUT2D eigenvalue weighted by Crippen LogP contribution is 2.28. The van der Waals surface area contributed by atoms with Crippen molar-refractivity contribution in [2.24, 2.45) is 14.1 Å². The van der Waals surface area contributed by atoms with E-state index in [1.54, 1.807) is 36.4 Å². The Labute approximate surface area is 282 Å². The van der Waals surface area contributed by atoms with Crippen LogP contribution in [0.25, 0.3) is 21.8 Å². The van der Waals surface area contributed by atoms with Gasteiger partial charge in [0.25, 0.3) is 22.9 Å². The maximum absolute atomic E-state index is 12.6. The molecule has 14 nitrogen and oxygen atoms in total. The molecule has 258 valence electrons. The van der Waals surface area contributed by atoms with Crippen LogP contribution in [0.3, 0.4) is 0 Å². The van der Waals surface area contributed by atoms with Gasteiger partial charge in [0, 0.05) is 30.4 Å². The Kier molecular flexibility index (Phi) is 11.8. The number of pyridine rings is 2. The van der Waals surface area contributed by atoms with Crippen molar-refractivity contribution in [3.8, 4) is 23.0 Å². The number of aromatic nitrogens is 2. The molecule has 4 rings (SSSR count). The molecule has 0 aliphatic rings. The number of carboxylic acid groups (broad SMARTS) is 1. The van der Waals surface area contributed by atoms with Crippen molar-refractivity contribution in [1.82, 2.24) is 19.8 Å². The predicted molar refractivity (Wildman–Crippen MR) is 186 cm³/mol. The Morgan fingerprint density at radius 2 is 1.31 bits per heavy atom. The SMILES string of the molecule is CCc1ccc2c(O)c(C(=O)NCC(=O)O)c(=O)n(C)c2c1.COC(=O)CNC(=O)c1c(O)c2ccc(C#C[Si](C)(C)C)cc2n(C)c1=O. The number of carbonyl (C=O) groups excluding carboxylic acids is 3. The van der Waals surface area contributed by atoms with Gasteiger partial charge in [0.2, 0.25) is 0 Å². The van der Waals surface area contributed by atoms with E-state index in [0.29, 0.717) is 21.8 Å². The maximum atomic E-state index is 12.6. The lowest BCUT2D eigenvalue weighted by molar-refractivity contribution is -0.139. The smallest absolute Gasteiger partial charge is 0.325 e. The van der Waals surface area contributed by atoms with Crippen molar-refractivity contribution in [3.05, 3.63) is 79.4 Å². The van der Waals surface area contributed by atoms with Gasteiger partial charge in [-0.05, 0) is 42.3 Å². The van der Waals surface area contributed by atoms with E-state index in [9.17, 15) is 39.0 Å². The zero-order valence-electron chi connectivity index (χ0n) is 28.2. The molecule has 4 aromatic rings. The van der Waals surface area contributed by atoms with Crippen molar-refractivity contribution < 1.29 is 39.2 Å². The second-order valence-electron chi connectivity index (χ2n) is 11.9. The molecule has 0 saturated carbocycles. The molecule has 2 amide bonds. The van der Waals surface area contributed by atoms with Crippen LogP contribution >= 0.6 is 0 Å². The van der Waals surface area contributed by atoms with Gasteiger partial charge in [-0.3, -0.25) is 28.8 Å². The number of methoxy groups -OCH3 is 1. The minimum absolute atomic E-state index is 0.346. The van der Waals surface area contributed by atoms with Gasteiger partial charge in [0.15, 0.2) is 0 Å². The molecule has 2 heterocycles. The normalized spacial score (nSPS) is 10.8. The molecule has 0 unspecified atom stereocenters. The summed E-state index contributed by atoms with van der Waals surface area (Å²) in [7, 11) is 2.63. The fourth-order valence-corrected chi connectivity index (χ4v) is 5.13. The van der Waals surface area contributed by atoms with Gasteiger partial charge in [-0.2, -0.15) is 0 Å². The number of benzene rings is 2. The highest BCUT2D eigenvalue weighted by atomic mass is 28.3. The Morgan fingerprint density at radius 3 is 1.78 bits per heavy atom. The first-order chi connectivity index (χ1) is 22.9. The van der Waals surface area contributed by atoms with E-state index in [1.165, 1.54) is 30.3 Å². The lowest BCUT2D eigenvalue weighted by Crippen LogP contribution is -2.35. The fraction of sp³-hybridized carbons (Fsp3) is 0.294. The minimum atomic E-state index is -1.56. The largest absolute Gasteiger partial charge is 0.506 e. The molecule has 0 spiro atoms. The van der Waals surface area contributed by atoms with Crippen molar-refractivity contribution in [2.45, 2.75) is 33.0 Å². The van der Waals surface area contributed by atoms with Crippen molar-refractivity contribution in [2.75, 3.05) is 20.2 Å². The van der Waals surface area contributed by atoms with E-state index in [0.717, 1.165) is 17.5 Å². The molecule has 0 bridgehead atoms. The Hall–Kier alpha value is -5.88. The minimum Gasteiger partial charge on any atom is -0.506 e. The number of fused-ring (bicyclic) bond motifs is 2. The standard InChI is InChI=1S/C19H22N2O5Si.C15H16N2O5/c1-21-14-10-12(8-9-27(3,4)5)6-7-13(14)17(23)16(19(21)25)18(24)20-11-15(22)26-2;1-3-8-4-5-9-10(6-8)17(2)15(22)12(13(9)20)14(21)16-7-11(18)19/h6-7,10,23H,11H2,1-5H3,(H,20,24);4-6,20H,3,7H2,1-2H3,(H,16,21)(H,18,19). The van der Waals surface area contributed by atoms with Crippen LogP contribution in [0.15, 0.2) is 46.0 Å². The molecular formula is C34H38N4O10Si. The quantitative estimate of drug-likeness (QED) is 0.108. The predicted octanol–water partition coefficient (Wildman–Crippen LogP) is 2.00. The van der Waals surface area contributed by atoms with Crippen molar-refractivity contribution in [1.29, 1.82) is 0 Å². The highest BCUT2D eigenvalue weighted by molar-refractivity contribution is 6.83. The number of hydrogen-bond acceptors (Lipinski definition) is 9. The number of aromatic hydroxyl groups is 2. The number of hydrogen-bond donors (Lipinski definition) is 5. The summed E-state index contributed by atoms with van der Waals surface area (Å²) < 4.78 is 6.99. The van der Waals surface area contributed by atoms with E-state index in [1.807, 2.05) is 6.92 Å². The maximum Gasteiger partial charge on any atom is 0.325 e. The molecule has 15 heteroatoms. The highest BCUT2D eigenvalue weighted by Gasteiger charge is 2.23. The van der Waals surface area contributed by atoms with Crippen LogP contribution in [-0.4, -0.2) is 76.5 Å². The number of esters is 1. The van der Waals surface area contributed by atoms with Crippen LogP contribution in [0.2, 0.25) is 19.6 Å². The first-order valence-electron chi connectivity index (χ1n) is 15.0. The third-order valence-electron chi connectivity index (χ3n) is 7.27. The van der Waals surface area contributed by atoms with Gasteiger partial charge in [-0.15, -0.1) is 5.54 Å². The topological polar surface area (TPSA) is 206 Å². The van der Waals surface area contributed by atoms with E-state index < -0.39 is 78.7 Å². The molecule has 2 aromatic heterocycles. The Balaban J connectivity index is 0.000000271. The zero-order valence-corrected chi connectivity index (χ0v) is 29.2. The number of carboxylic acids is 1. The summed E-state index contributed by atoms with van der Waals surface area (Å²) in [6, 6.07) is 10.3. The lowest BCUT2D eigenvalue weighted by Gasteiger charge is -2.12. The number of ether oxygens (including phenoxy) is 1. The van der Waals surface area contributed by atoms with Crippen LogP contribution in [-0.2, 0) is 34.8 Å². The first kappa shape index (κ1) is 37.6. The van der Waals surface area contributed by atoms with Crippen LogP contribution in [0.1, 0.15) is 38.8 Å². The summed E-state index contributed by atoms with van der Waals surface area (Å²) in [4.78, 5) is 70.8. The van der Waals surface area contributed by atoms with Gasteiger partial charge >= 0.3 is 11.9 Å². The van der Waals surface area contributed by atoms with E-state index in [4.69, 9.17) is 5.11 Å².